The molecule has 3 rings (SSSR count). The SMILES string of the molecule is CC[C@H](C)[C@H](NC(=O)[C@H](CS)NC(=O)[C@@H](NC(=O)[C@@H]1CCCN1C(=O)[C@H](Cc1ccccc1)NC(=O)[C@H](Cc1cnc[nH]1)NC(=O)[C@@H](NC(=O)[C@@H](N)CC(=O)O)[C@@H](C)O)[C@@H](C)CC)C(=O)O. The zero-order chi connectivity index (χ0) is 49.2. The molecule has 1 aliphatic rings. The average molecular weight is 945 g/mol. The molecule has 12 N–H and O–H groups in total. The Morgan fingerprint density at radius 3 is 1.91 bits per heavy atom. The number of aromatic amines is 1. The van der Waals surface area contributed by atoms with Gasteiger partial charge < -0.3 is 62.8 Å². The monoisotopic (exact) mass is 944 g/mol. The van der Waals surface area contributed by atoms with Crippen molar-refractivity contribution in [3.8, 4) is 0 Å². The molecule has 364 valence electrons. The lowest BCUT2D eigenvalue weighted by Gasteiger charge is -2.32. The lowest BCUT2D eigenvalue weighted by atomic mass is 9.97. The highest BCUT2D eigenvalue weighted by atomic mass is 32.1. The summed E-state index contributed by atoms with van der Waals surface area (Å²) in [7, 11) is 0. The van der Waals surface area contributed by atoms with E-state index in [1.165, 1.54) is 24.3 Å². The fourth-order valence-corrected chi connectivity index (χ4v) is 7.46. The number of likely N-dealkylation sites (tertiary alicyclic amines) is 1. The summed E-state index contributed by atoms with van der Waals surface area (Å²) in [6, 6.07) is -2.05. The number of nitrogens with one attached hydrogen (secondary N) is 7. The van der Waals surface area contributed by atoms with Crippen molar-refractivity contribution in [2.24, 2.45) is 17.6 Å². The summed E-state index contributed by atoms with van der Waals surface area (Å²) in [5.74, 6) is -9.41. The molecule has 1 aromatic heterocycles. The Kier molecular flexibility index (Phi) is 21.5. The molecule has 1 saturated heterocycles. The molecule has 0 saturated carbocycles. The third-order valence-electron chi connectivity index (χ3n) is 11.5. The summed E-state index contributed by atoms with van der Waals surface area (Å²) in [4.78, 5) is 127. The van der Waals surface area contributed by atoms with Gasteiger partial charge >= 0.3 is 11.9 Å². The van der Waals surface area contributed by atoms with E-state index in [0.717, 1.165) is 0 Å². The molecule has 0 radical (unpaired) electrons. The van der Waals surface area contributed by atoms with E-state index in [9.17, 15) is 53.4 Å². The second-order valence-corrected chi connectivity index (χ2v) is 16.9. The Balaban J connectivity index is 1.88. The highest BCUT2D eigenvalue weighted by Crippen LogP contribution is 2.21. The lowest BCUT2D eigenvalue weighted by Crippen LogP contribution is -2.62. The molecule has 23 heteroatoms. The van der Waals surface area contributed by atoms with Crippen LogP contribution >= 0.6 is 12.6 Å². The van der Waals surface area contributed by atoms with Gasteiger partial charge in [-0.15, -0.1) is 0 Å². The van der Waals surface area contributed by atoms with Gasteiger partial charge in [0.25, 0.3) is 0 Å². The van der Waals surface area contributed by atoms with Crippen LogP contribution in [0.5, 0.6) is 0 Å². The average Bonchev–Trinajstić information content (AvgIpc) is 4.00. The summed E-state index contributed by atoms with van der Waals surface area (Å²) in [5.41, 5.74) is 6.68. The molecule has 0 unspecified atom stereocenters. The number of H-pyrrole nitrogens is 1. The van der Waals surface area contributed by atoms with E-state index in [1.807, 2.05) is 0 Å². The Bertz CT molecular complexity index is 1990. The smallest absolute Gasteiger partial charge is 0.326 e. The van der Waals surface area contributed by atoms with Crippen LogP contribution in [-0.2, 0) is 56.0 Å². The summed E-state index contributed by atoms with van der Waals surface area (Å²) >= 11 is 4.21. The maximum atomic E-state index is 14.6. The van der Waals surface area contributed by atoms with Gasteiger partial charge in [-0.3, -0.25) is 38.4 Å². The normalized spacial score (nSPS) is 18.1. The van der Waals surface area contributed by atoms with E-state index in [1.54, 1.807) is 58.0 Å². The van der Waals surface area contributed by atoms with Gasteiger partial charge in [-0.05, 0) is 37.2 Å². The van der Waals surface area contributed by atoms with Crippen LogP contribution in [-0.4, -0.2) is 150 Å². The van der Waals surface area contributed by atoms with Gasteiger partial charge in [0.05, 0.1) is 24.9 Å². The maximum Gasteiger partial charge on any atom is 0.326 e. The van der Waals surface area contributed by atoms with Crippen LogP contribution in [0, 0.1) is 11.8 Å². The number of hydrogen-bond acceptors (Lipinski definition) is 13. The number of benzene rings is 1. The van der Waals surface area contributed by atoms with Gasteiger partial charge in [-0.1, -0.05) is 70.9 Å². The maximum absolute atomic E-state index is 14.6. The van der Waals surface area contributed by atoms with Crippen LogP contribution in [0.2, 0.25) is 0 Å². The van der Waals surface area contributed by atoms with Crippen molar-refractivity contribution in [2.75, 3.05) is 12.3 Å². The second-order valence-electron chi connectivity index (χ2n) is 16.5. The third kappa shape index (κ3) is 15.8. The summed E-state index contributed by atoms with van der Waals surface area (Å²) in [6.45, 7) is 8.26. The number of carbonyl (C=O) groups is 9. The van der Waals surface area contributed by atoms with Gasteiger partial charge in [0.1, 0.15) is 42.3 Å². The van der Waals surface area contributed by atoms with Crippen LogP contribution in [0.25, 0.3) is 0 Å². The van der Waals surface area contributed by atoms with Crippen LogP contribution < -0.4 is 37.6 Å². The zero-order valence-electron chi connectivity index (χ0n) is 37.7. The summed E-state index contributed by atoms with van der Waals surface area (Å²) < 4.78 is 0. The first-order chi connectivity index (χ1) is 31.2. The molecule has 0 aliphatic carbocycles. The number of amides is 7. The second kappa shape index (κ2) is 26.2. The number of carboxylic acid groups (broad SMARTS) is 2. The molecule has 7 amide bonds. The highest BCUT2D eigenvalue weighted by Gasteiger charge is 2.41. The Hall–Kier alpha value is -6.07. The Labute approximate surface area is 388 Å². The van der Waals surface area contributed by atoms with Crippen molar-refractivity contribution in [3.63, 3.8) is 0 Å². The number of carbonyl (C=O) groups excluding carboxylic acids is 7. The molecule has 0 spiro atoms. The van der Waals surface area contributed by atoms with Crippen LogP contribution in [0.1, 0.15) is 78.0 Å². The van der Waals surface area contributed by atoms with Gasteiger partial charge in [-0.2, -0.15) is 12.6 Å². The number of aliphatic hydroxyl groups is 1. The summed E-state index contributed by atoms with van der Waals surface area (Å²) in [5, 5.41) is 44.5. The van der Waals surface area contributed by atoms with E-state index in [-0.39, 0.29) is 31.6 Å². The first-order valence-corrected chi connectivity index (χ1v) is 22.5. The molecule has 1 aromatic carbocycles. The number of aliphatic hydroxyl groups excluding tert-OH is 1. The number of nitrogens with zero attached hydrogens (tertiary/aromatic N) is 2. The number of imidazole rings is 1. The molecule has 0 bridgehead atoms. The van der Waals surface area contributed by atoms with Crippen molar-refractivity contribution >= 4 is 65.9 Å². The molecule has 1 fully saturated rings. The third-order valence-corrected chi connectivity index (χ3v) is 11.9. The zero-order valence-corrected chi connectivity index (χ0v) is 38.6. The first kappa shape index (κ1) is 54.3. The van der Waals surface area contributed by atoms with Crippen LogP contribution in [0.4, 0.5) is 0 Å². The number of nitrogens with two attached hydrogens (primary N) is 1. The van der Waals surface area contributed by atoms with E-state index in [2.05, 4.69) is 54.5 Å². The number of thiol groups is 1. The fourth-order valence-electron chi connectivity index (χ4n) is 7.20. The lowest BCUT2D eigenvalue weighted by molar-refractivity contribution is -0.144. The molecule has 66 heavy (non-hydrogen) atoms. The number of rotatable bonds is 26. The van der Waals surface area contributed by atoms with Crippen molar-refractivity contribution in [1.82, 2.24) is 46.8 Å². The molecule has 1 aliphatic heterocycles. The predicted octanol–water partition coefficient (Wildman–Crippen LogP) is -1.62. The van der Waals surface area contributed by atoms with Crippen molar-refractivity contribution in [2.45, 2.75) is 134 Å². The fraction of sp³-hybridized carbons (Fsp3) is 0.581. The number of hydrogen-bond donors (Lipinski definition) is 12. The molecule has 11 atom stereocenters. The largest absolute Gasteiger partial charge is 0.481 e. The van der Waals surface area contributed by atoms with E-state index < -0.39 is 126 Å². The number of carboxylic acids is 2. The predicted molar refractivity (Wildman–Crippen MR) is 241 cm³/mol. The van der Waals surface area contributed by atoms with Crippen molar-refractivity contribution in [1.29, 1.82) is 0 Å². The van der Waals surface area contributed by atoms with Gasteiger partial charge in [0.15, 0.2) is 0 Å². The Morgan fingerprint density at radius 2 is 1.35 bits per heavy atom. The molecular weight excluding hydrogens is 881 g/mol. The molecular formula is C43H64N10O12S. The summed E-state index contributed by atoms with van der Waals surface area (Å²) in [6.07, 6.45) is 1.65. The van der Waals surface area contributed by atoms with Crippen molar-refractivity contribution in [3.05, 3.63) is 54.1 Å². The van der Waals surface area contributed by atoms with Crippen molar-refractivity contribution < 1.29 is 58.5 Å². The highest BCUT2D eigenvalue weighted by molar-refractivity contribution is 7.80. The van der Waals surface area contributed by atoms with Gasteiger partial charge in [-0.25, -0.2) is 9.78 Å². The van der Waals surface area contributed by atoms with Gasteiger partial charge in [0.2, 0.25) is 41.4 Å². The quantitative estimate of drug-likeness (QED) is 0.0472. The number of aliphatic carboxylic acids is 2. The van der Waals surface area contributed by atoms with Crippen LogP contribution in [0.15, 0.2) is 42.9 Å². The van der Waals surface area contributed by atoms with Gasteiger partial charge in [0, 0.05) is 37.0 Å². The number of aromatic nitrogens is 2. The molecule has 22 nitrogen and oxygen atoms in total. The minimum atomic E-state index is -1.68. The van der Waals surface area contributed by atoms with E-state index in [0.29, 0.717) is 30.5 Å². The minimum absolute atomic E-state index is 0.0559. The minimum Gasteiger partial charge on any atom is -0.481 e. The molecule has 2 heterocycles. The standard InChI is InChI=1S/C43H64N10O12S/c1-6-22(3)33(40(61)49-30(20-66)38(59)51-34(43(64)65)23(4)7-2)50-39(60)31-14-11-15-53(31)42(63)29(16-25-12-9-8-10-13-25)48-37(58)28(17-26-19-45-21-46-26)47-41(62)35(24(5)54)52-36(57)27(44)18-32(55)56/h8-10,12-13,19,21-24,27-31,33-35,54,66H,6-7,11,14-18,20,44H2,1-5H3,(H,45,46)(H,47,62)(H,48,58)(H,49,61)(H,50,60)(H,51,59)(H,52,57)(H,55,56)(H,64,65)/t22-,23-,24+,27-,28-,29-,30-,31-,33-,34-,35-/m0/s1. The van der Waals surface area contributed by atoms with E-state index >= 15 is 0 Å². The Morgan fingerprint density at radius 1 is 0.773 bits per heavy atom. The molecule has 2 aromatic rings. The van der Waals surface area contributed by atoms with E-state index in [4.69, 9.17) is 10.8 Å². The first-order valence-electron chi connectivity index (χ1n) is 21.9. The van der Waals surface area contributed by atoms with Crippen LogP contribution in [0.3, 0.4) is 0 Å². The topological polar surface area (TPSA) is 344 Å².